The molecule has 0 amide bonds. The number of aromatic nitrogens is 1. The minimum absolute atomic E-state index is 0.280. The first-order valence-electron chi connectivity index (χ1n) is 6.81. The van der Waals surface area contributed by atoms with E-state index in [0.717, 1.165) is 19.5 Å². The first-order chi connectivity index (χ1) is 8.15. The monoisotopic (exact) mass is 235 g/mol. The zero-order chi connectivity index (χ0) is 12.4. The van der Waals surface area contributed by atoms with Crippen molar-refractivity contribution in [1.82, 2.24) is 9.47 Å². The van der Waals surface area contributed by atoms with E-state index >= 15 is 0 Å². The van der Waals surface area contributed by atoms with Crippen LogP contribution in [0.1, 0.15) is 45.3 Å². The summed E-state index contributed by atoms with van der Waals surface area (Å²) in [6.45, 7) is 8.97. The zero-order valence-corrected chi connectivity index (χ0v) is 11.3. The number of nitrogens with zero attached hydrogens (tertiary/aromatic N) is 2. The van der Waals surface area contributed by atoms with E-state index in [4.69, 9.17) is 5.73 Å². The van der Waals surface area contributed by atoms with Crippen LogP contribution in [0.2, 0.25) is 0 Å². The minimum atomic E-state index is 0.280. The van der Waals surface area contributed by atoms with Crippen molar-refractivity contribution in [3.8, 4) is 0 Å². The molecule has 1 saturated heterocycles. The van der Waals surface area contributed by atoms with E-state index in [0.29, 0.717) is 12.1 Å². The summed E-state index contributed by atoms with van der Waals surface area (Å²) in [6, 6.07) is 5.63. The SMILES string of the molecule is CCCn1cccc1C1C(N)CCN1C(C)C. The second kappa shape index (κ2) is 5.23. The number of hydrogen-bond donors (Lipinski definition) is 1. The van der Waals surface area contributed by atoms with Gasteiger partial charge in [0.2, 0.25) is 0 Å². The van der Waals surface area contributed by atoms with E-state index in [-0.39, 0.29) is 6.04 Å². The van der Waals surface area contributed by atoms with Gasteiger partial charge in [-0.3, -0.25) is 4.90 Å². The smallest absolute Gasteiger partial charge is 0.0656 e. The highest BCUT2D eigenvalue weighted by Crippen LogP contribution is 2.33. The van der Waals surface area contributed by atoms with Gasteiger partial charge in [-0.15, -0.1) is 0 Å². The average Bonchev–Trinajstić information content (AvgIpc) is 2.85. The fraction of sp³-hybridized carbons (Fsp3) is 0.714. The Kier molecular flexibility index (Phi) is 3.89. The largest absolute Gasteiger partial charge is 0.350 e. The Morgan fingerprint density at radius 3 is 2.88 bits per heavy atom. The molecule has 1 aromatic rings. The minimum Gasteiger partial charge on any atom is -0.350 e. The Morgan fingerprint density at radius 2 is 2.24 bits per heavy atom. The van der Waals surface area contributed by atoms with Crippen molar-refractivity contribution < 1.29 is 0 Å². The summed E-state index contributed by atoms with van der Waals surface area (Å²) in [6.07, 6.45) is 4.47. The van der Waals surface area contributed by atoms with E-state index in [9.17, 15) is 0 Å². The summed E-state index contributed by atoms with van der Waals surface area (Å²) in [5.41, 5.74) is 7.70. The molecule has 0 saturated carbocycles. The summed E-state index contributed by atoms with van der Waals surface area (Å²) >= 11 is 0. The van der Waals surface area contributed by atoms with E-state index in [1.807, 2.05) is 0 Å². The normalized spacial score (nSPS) is 25.9. The number of nitrogens with two attached hydrogens (primary N) is 1. The molecular weight excluding hydrogens is 210 g/mol. The molecule has 96 valence electrons. The van der Waals surface area contributed by atoms with Crippen LogP contribution in [0.4, 0.5) is 0 Å². The van der Waals surface area contributed by atoms with Crippen molar-refractivity contribution in [3.63, 3.8) is 0 Å². The fourth-order valence-corrected chi connectivity index (χ4v) is 2.95. The summed E-state index contributed by atoms with van der Waals surface area (Å²) in [7, 11) is 0. The van der Waals surface area contributed by atoms with Gasteiger partial charge >= 0.3 is 0 Å². The second-order valence-corrected chi connectivity index (χ2v) is 5.36. The average molecular weight is 235 g/mol. The quantitative estimate of drug-likeness (QED) is 0.869. The maximum absolute atomic E-state index is 6.31. The highest BCUT2D eigenvalue weighted by molar-refractivity contribution is 5.17. The van der Waals surface area contributed by atoms with Crippen LogP contribution in [-0.2, 0) is 6.54 Å². The molecule has 1 fully saturated rings. The van der Waals surface area contributed by atoms with Crippen molar-refractivity contribution in [2.75, 3.05) is 6.54 Å². The van der Waals surface area contributed by atoms with Gasteiger partial charge in [0.1, 0.15) is 0 Å². The molecule has 1 aliphatic rings. The predicted molar refractivity (Wildman–Crippen MR) is 71.9 cm³/mol. The van der Waals surface area contributed by atoms with Crippen molar-refractivity contribution in [2.45, 2.75) is 58.3 Å². The maximum Gasteiger partial charge on any atom is 0.0656 e. The molecular formula is C14H25N3. The Hall–Kier alpha value is -0.800. The second-order valence-electron chi connectivity index (χ2n) is 5.36. The highest BCUT2D eigenvalue weighted by atomic mass is 15.2. The lowest BCUT2D eigenvalue weighted by molar-refractivity contribution is 0.191. The van der Waals surface area contributed by atoms with Crippen LogP contribution in [0, 0.1) is 0 Å². The molecule has 0 radical (unpaired) electrons. The Balaban J connectivity index is 2.26. The molecule has 0 bridgehead atoms. The summed E-state index contributed by atoms with van der Waals surface area (Å²) < 4.78 is 2.37. The van der Waals surface area contributed by atoms with Crippen molar-refractivity contribution in [3.05, 3.63) is 24.0 Å². The topological polar surface area (TPSA) is 34.2 Å². The van der Waals surface area contributed by atoms with Gasteiger partial charge in [0.15, 0.2) is 0 Å². The number of hydrogen-bond acceptors (Lipinski definition) is 2. The molecule has 2 heterocycles. The van der Waals surface area contributed by atoms with E-state index in [1.54, 1.807) is 0 Å². The lowest BCUT2D eigenvalue weighted by Crippen LogP contribution is -2.37. The maximum atomic E-state index is 6.31. The van der Waals surface area contributed by atoms with Crippen molar-refractivity contribution in [2.24, 2.45) is 5.73 Å². The van der Waals surface area contributed by atoms with Crippen LogP contribution in [0.5, 0.6) is 0 Å². The van der Waals surface area contributed by atoms with Gasteiger partial charge in [-0.25, -0.2) is 0 Å². The highest BCUT2D eigenvalue weighted by Gasteiger charge is 2.35. The third-order valence-electron chi connectivity index (χ3n) is 3.78. The number of aryl methyl sites for hydroxylation is 1. The fourth-order valence-electron chi connectivity index (χ4n) is 2.95. The lowest BCUT2D eigenvalue weighted by Gasteiger charge is -2.31. The Bertz CT molecular complexity index is 356. The molecule has 3 heteroatoms. The van der Waals surface area contributed by atoms with Crippen LogP contribution in [0.25, 0.3) is 0 Å². The molecule has 3 nitrogen and oxygen atoms in total. The Morgan fingerprint density at radius 1 is 1.47 bits per heavy atom. The number of rotatable bonds is 4. The molecule has 1 aliphatic heterocycles. The van der Waals surface area contributed by atoms with Gasteiger partial charge in [0.05, 0.1) is 6.04 Å². The van der Waals surface area contributed by atoms with Crippen molar-refractivity contribution >= 4 is 0 Å². The number of likely N-dealkylation sites (tertiary alicyclic amines) is 1. The molecule has 0 aliphatic carbocycles. The van der Waals surface area contributed by atoms with E-state index in [1.165, 1.54) is 12.1 Å². The van der Waals surface area contributed by atoms with Crippen LogP contribution in [0.15, 0.2) is 18.3 Å². The van der Waals surface area contributed by atoms with Crippen LogP contribution in [-0.4, -0.2) is 28.1 Å². The predicted octanol–water partition coefficient (Wildman–Crippen LogP) is 2.38. The molecule has 2 unspecified atom stereocenters. The van der Waals surface area contributed by atoms with Crippen LogP contribution in [0.3, 0.4) is 0 Å². The van der Waals surface area contributed by atoms with Gasteiger partial charge in [0.25, 0.3) is 0 Å². The zero-order valence-electron chi connectivity index (χ0n) is 11.3. The molecule has 2 N–H and O–H groups in total. The third-order valence-corrected chi connectivity index (χ3v) is 3.78. The van der Waals surface area contributed by atoms with Gasteiger partial charge in [0, 0.05) is 37.1 Å². The van der Waals surface area contributed by atoms with Gasteiger partial charge in [-0.1, -0.05) is 6.92 Å². The third kappa shape index (κ3) is 2.40. The van der Waals surface area contributed by atoms with Gasteiger partial charge in [-0.05, 0) is 38.8 Å². The Labute approximate surface area is 105 Å². The summed E-state index contributed by atoms with van der Waals surface area (Å²) in [4.78, 5) is 2.53. The van der Waals surface area contributed by atoms with E-state index < -0.39 is 0 Å². The first-order valence-corrected chi connectivity index (χ1v) is 6.81. The molecule has 0 spiro atoms. The molecule has 17 heavy (non-hydrogen) atoms. The summed E-state index contributed by atoms with van der Waals surface area (Å²) in [5.74, 6) is 0. The molecule has 2 atom stereocenters. The van der Waals surface area contributed by atoms with Gasteiger partial charge in [-0.2, -0.15) is 0 Å². The van der Waals surface area contributed by atoms with Gasteiger partial charge < -0.3 is 10.3 Å². The standard InChI is InChI=1S/C14H25N3/c1-4-8-16-9-5-6-13(16)14-12(15)7-10-17(14)11(2)3/h5-6,9,11-12,14H,4,7-8,10,15H2,1-3H3. The van der Waals surface area contributed by atoms with Crippen LogP contribution < -0.4 is 5.73 Å². The first kappa shape index (κ1) is 12.7. The molecule has 1 aromatic heterocycles. The lowest BCUT2D eigenvalue weighted by atomic mass is 10.1. The van der Waals surface area contributed by atoms with Crippen LogP contribution >= 0.6 is 0 Å². The van der Waals surface area contributed by atoms with Crippen molar-refractivity contribution in [1.29, 1.82) is 0 Å². The molecule has 0 aromatic carbocycles. The summed E-state index contributed by atoms with van der Waals surface area (Å²) in [5, 5.41) is 0. The van der Waals surface area contributed by atoms with E-state index in [2.05, 4.69) is 48.6 Å². The molecule has 2 rings (SSSR count).